The Hall–Kier alpha value is -1.05. The predicted molar refractivity (Wildman–Crippen MR) is 108 cm³/mol. The van der Waals surface area contributed by atoms with Gasteiger partial charge in [0.2, 0.25) is 0 Å². The summed E-state index contributed by atoms with van der Waals surface area (Å²) in [6.07, 6.45) is 7.46. The van der Waals surface area contributed by atoms with Gasteiger partial charge in [0.05, 0.1) is 24.9 Å². The van der Waals surface area contributed by atoms with Crippen LogP contribution in [0.5, 0.6) is 0 Å². The molecule has 2 aromatic rings. The lowest BCUT2D eigenvalue weighted by Gasteiger charge is -2.34. The topological polar surface area (TPSA) is 59.1 Å². The Bertz CT molecular complexity index is 677. The van der Waals surface area contributed by atoms with Crippen LogP contribution in [0.3, 0.4) is 0 Å². The van der Waals surface area contributed by atoms with Crippen molar-refractivity contribution in [3.63, 3.8) is 0 Å². The van der Waals surface area contributed by atoms with E-state index in [0.717, 1.165) is 36.0 Å². The maximum Gasteiger partial charge on any atom is 0.110 e. The Morgan fingerprint density at radius 1 is 1.31 bits per heavy atom. The molecule has 2 fully saturated rings. The molecule has 5 nitrogen and oxygen atoms in total. The number of hydrogen-bond acceptors (Lipinski definition) is 6. The van der Waals surface area contributed by atoms with Crippen LogP contribution in [-0.4, -0.2) is 41.8 Å². The van der Waals surface area contributed by atoms with Crippen LogP contribution in [0.4, 0.5) is 0 Å². The van der Waals surface area contributed by atoms with Gasteiger partial charge in [-0.3, -0.25) is 4.98 Å². The predicted octanol–water partition coefficient (Wildman–Crippen LogP) is 3.43. The van der Waals surface area contributed by atoms with Crippen molar-refractivity contribution in [2.24, 2.45) is 5.92 Å². The van der Waals surface area contributed by atoms with Crippen molar-refractivity contribution in [2.75, 3.05) is 19.8 Å². The van der Waals surface area contributed by atoms with Crippen LogP contribution < -0.4 is 10.6 Å². The molecule has 3 heterocycles. The van der Waals surface area contributed by atoms with E-state index in [0.29, 0.717) is 18.0 Å². The number of morpholine rings is 1. The van der Waals surface area contributed by atoms with Gasteiger partial charge in [0.15, 0.2) is 0 Å². The lowest BCUT2D eigenvalue weighted by Crippen LogP contribution is -2.51. The molecule has 2 aromatic heterocycles. The van der Waals surface area contributed by atoms with Gasteiger partial charge in [-0.25, -0.2) is 4.98 Å². The molecule has 4 unspecified atom stereocenters. The lowest BCUT2D eigenvalue weighted by molar-refractivity contribution is 0.0518. The highest BCUT2D eigenvalue weighted by Crippen LogP contribution is 2.32. The first kappa shape index (κ1) is 19.7. The van der Waals surface area contributed by atoms with E-state index in [1.807, 2.05) is 24.5 Å². The maximum absolute atomic E-state index is 5.68. The molecule has 0 amide bonds. The molecule has 1 aliphatic carbocycles. The van der Waals surface area contributed by atoms with Crippen LogP contribution in [-0.2, 0) is 4.74 Å². The van der Waals surface area contributed by atoms with Crippen molar-refractivity contribution in [1.82, 2.24) is 20.6 Å². The van der Waals surface area contributed by atoms with Crippen molar-refractivity contribution in [3.05, 3.63) is 34.9 Å². The number of nitrogens with zero attached hydrogens (tertiary/aromatic N) is 2. The van der Waals surface area contributed by atoms with Gasteiger partial charge in [-0.1, -0.05) is 6.42 Å². The van der Waals surface area contributed by atoms with Gasteiger partial charge < -0.3 is 15.4 Å². The van der Waals surface area contributed by atoms with E-state index in [-0.39, 0.29) is 18.4 Å². The Morgan fingerprint density at radius 2 is 2.15 bits per heavy atom. The number of aromatic nitrogens is 2. The minimum absolute atomic E-state index is 0. The third kappa shape index (κ3) is 4.43. The SMILES string of the molecule is CC(NC1CCCC1C1COCCN1)c1nc(-c2ccncc2)cs1.Cl. The standard InChI is InChI=1S/C19H26N4OS.ClH/c1-13(19-23-18(12-25-19)14-5-7-20-8-6-14)22-16-4-2-3-15(16)17-11-24-10-9-21-17;/h5-8,12-13,15-17,21-22H,2-4,9-11H2,1H3;1H. The third-order valence-electron chi connectivity index (χ3n) is 5.37. The number of pyridine rings is 1. The van der Waals surface area contributed by atoms with Gasteiger partial charge in [-0.15, -0.1) is 23.7 Å². The molecule has 26 heavy (non-hydrogen) atoms. The van der Waals surface area contributed by atoms with Crippen molar-refractivity contribution in [2.45, 2.75) is 44.3 Å². The summed E-state index contributed by atoms with van der Waals surface area (Å²) in [5.74, 6) is 0.655. The molecule has 0 spiro atoms. The summed E-state index contributed by atoms with van der Waals surface area (Å²) in [5.41, 5.74) is 2.17. The fourth-order valence-electron chi connectivity index (χ4n) is 4.07. The zero-order valence-corrected chi connectivity index (χ0v) is 16.7. The average Bonchev–Trinajstić information content (AvgIpc) is 3.33. The summed E-state index contributed by atoms with van der Waals surface area (Å²) >= 11 is 1.74. The van der Waals surface area contributed by atoms with Crippen molar-refractivity contribution in [3.8, 4) is 11.3 Å². The summed E-state index contributed by atoms with van der Waals surface area (Å²) in [5, 5.41) is 10.8. The summed E-state index contributed by atoms with van der Waals surface area (Å²) in [4.78, 5) is 8.93. The average molecular weight is 395 g/mol. The maximum atomic E-state index is 5.68. The van der Waals surface area contributed by atoms with Gasteiger partial charge >= 0.3 is 0 Å². The van der Waals surface area contributed by atoms with Crippen molar-refractivity contribution in [1.29, 1.82) is 0 Å². The second-order valence-electron chi connectivity index (χ2n) is 7.03. The molecule has 4 atom stereocenters. The fourth-order valence-corrected chi connectivity index (χ4v) is 4.92. The zero-order chi connectivity index (χ0) is 17.1. The number of ether oxygens (including phenoxy) is 1. The molecule has 1 saturated carbocycles. The zero-order valence-electron chi connectivity index (χ0n) is 15.1. The minimum atomic E-state index is 0. The quantitative estimate of drug-likeness (QED) is 0.813. The number of nitrogens with one attached hydrogen (secondary N) is 2. The molecule has 1 aliphatic heterocycles. The van der Waals surface area contributed by atoms with E-state index in [4.69, 9.17) is 9.72 Å². The van der Waals surface area contributed by atoms with Gasteiger partial charge in [-0.2, -0.15) is 0 Å². The van der Waals surface area contributed by atoms with Gasteiger partial charge in [0.25, 0.3) is 0 Å². The Labute approximate surface area is 165 Å². The van der Waals surface area contributed by atoms with E-state index in [9.17, 15) is 0 Å². The van der Waals surface area contributed by atoms with Crippen LogP contribution in [0.2, 0.25) is 0 Å². The lowest BCUT2D eigenvalue weighted by atomic mass is 9.93. The highest BCUT2D eigenvalue weighted by molar-refractivity contribution is 7.10. The summed E-state index contributed by atoms with van der Waals surface area (Å²) in [6, 6.07) is 5.33. The minimum Gasteiger partial charge on any atom is -0.379 e. The van der Waals surface area contributed by atoms with Gasteiger partial charge in [0, 0.05) is 42.0 Å². The van der Waals surface area contributed by atoms with Crippen LogP contribution >= 0.6 is 23.7 Å². The molecule has 0 aromatic carbocycles. The first-order valence-corrected chi connectivity index (χ1v) is 10.1. The normalized spacial score (nSPS) is 27.0. The molecular weight excluding hydrogens is 368 g/mol. The Balaban J connectivity index is 0.00000196. The smallest absolute Gasteiger partial charge is 0.110 e. The molecule has 2 N–H and O–H groups in total. The molecule has 0 bridgehead atoms. The molecule has 142 valence electrons. The van der Waals surface area contributed by atoms with E-state index in [1.54, 1.807) is 11.3 Å². The van der Waals surface area contributed by atoms with Crippen molar-refractivity contribution < 1.29 is 4.74 Å². The summed E-state index contributed by atoms with van der Waals surface area (Å²) in [7, 11) is 0. The molecule has 1 saturated heterocycles. The molecule has 2 aliphatic rings. The number of halogens is 1. The van der Waals surface area contributed by atoms with Crippen LogP contribution in [0.25, 0.3) is 11.3 Å². The van der Waals surface area contributed by atoms with Crippen LogP contribution in [0.15, 0.2) is 29.9 Å². The largest absolute Gasteiger partial charge is 0.379 e. The van der Waals surface area contributed by atoms with Crippen LogP contribution in [0.1, 0.15) is 37.2 Å². The molecule has 7 heteroatoms. The molecule has 4 rings (SSSR count). The van der Waals surface area contributed by atoms with E-state index < -0.39 is 0 Å². The van der Waals surface area contributed by atoms with Gasteiger partial charge in [-0.05, 0) is 37.8 Å². The Morgan fingerprint density at radius 3 is 2.92 bits per heavy atom. The summed E-state index contributed by atoms with van der Waals surface area (Å²) < 4.78 is 5.68. The van der Waals surface area contributed by atoms with E-state index >= 15 is 0 Å². The summed E-state index contributed by atoms with van der Waals surface area (Å²) in [6.45, 7) is 4.90. The van der Waals surface area contributed by atoms with Gasteiger partial charge in [0.1, 0.15) is 5.01 Å². The number of rotatable bonds is 5. The monoisotopic (exact) mass is 394 g/mol. The second kappa shape index (κ2) is 9.24. The van der Waals surface area contributed by atoms with Crippen LogP contribution in [0, 0.1) is 5.92 Å². The number of thiazole rings is 1. The first-order chi connectivity index (χ1) is 12.3. The molecular formula is C19H27ClN4OS. The van der Waals surface area contributed by atoms with E-state index in [1.165, 1.54) is 19.3 Å². The highest BCUT2D eigenvalue weighted by atomic mass is 35.5. The highest BCUT2D eigenvalue weighted by Gasteiger charge is 2.35. The molecule has 0 radical (unpaired) electrons. The third-order valence-corrected chi connectivity index (χ3v) is 6.40. The number of hydrogen-bond donors (Lipinski definition) is 2. The Kier molecular flexibility index (Phi) is 7.00. The second-order valence-corrected chi connectivity index (χ2v) is 7.92. The van der Waals surface area contributed by atoms with Crippen molar-refractivity contribution >= 4 is 23.7 Å². The fraction of sp³-hybridized carbons (Fsp3) is 0.579. The first-order valence-electron chi connectivity index (χ1n) is 9.24. The van der Waals surface area contributed by atoms with E-state index in [2.05, 4.69) is 27.9 Å².